The molecule has 0 heterocycles. The lowest BCUT2D eigenvalue weighted by Crippen LogP contribution is -2.37. The molecule has 1 aromatic rings. The van der Waals surface area contributed by atoms with Crippen molar-refractivity contribution in [3.63, 3.8) is 0 Å². The zero-order valence-electron chi connectivity index (χ0n) is 11.3. The molecular formula is C15H22O3. The zero-order valence-corrected chi connectivity index (χ0v) is 11.3. The van der Waals surface area contributed by atoms with Crippen molar-refractivity contribution in [2.24, 2.45) is 0 Å². The minimum Gasteiger partial charge on any atom is -0.481 e. The van der Waals surface area contributed by atoms with Crippen LogP contribution < -0.4 is 0 Å². The van der Waals surface area contributed by atoms with Crippen LogP contribution in [0.4, 0.5) is 0 Å². The Kier molecular flexibility index (Phi) is 4.52. The number of rotatable bonds is 6. The molecule has 2 N–H and O–H groups in total. The Morgan fingerprint density at radius 3 is 2.11 bits per heavy atom. The first-order valence-corrected chi connectivity index (χ1v) is 6.33. The molecule has 0 aromatic heterocycles. The molecule has 1 unspecified atom stereocenters. The van der Waals surface area contributed by atoms with Gasteiger partial charge in [-0.15, -0.1) is 0 Å². The standard InChI is InChI=1S/C15H22O3/c1-4-15(13(16)17,11-10-14(2,3)18)12-8-6-5-7-9-12/h5-9,18H,4,10-11H2,1-3H3,(H,16,17). The SMILES string of the molecule is CCC(CCC(C)(C)O)(C(=O)O)c1ccccc1. The number of hydrogen-bond acceptors (Lipinski definition) is 2. The number of carboxylic acid groups (broad SMARTS) is 1. The molecule has 0 aliphatic rings. The normalized spacial score (nSPS) is 15.1. The maximum atomic E-state index is 11.7. The van der Waals surface area contributed by atoms with Crippen molar-refractivity contribution in [2.45, 2.75) is 51.0 Å². The van der Waals surface area contributed by atoms with Gasteiger partial charge in [-0.05, 0) is 38.7 Å². The lowest BCUT2D eigenvalue weighted by molar-refractivity contribution is -0.144. The Morgan fingerprint density at radius 2 is 1.72 bits per heavy atom. The summed E-state index contributed by atoms with van der Waals surface area (Å²) in [5.41, 5.74) is -0.935. The van der Waals surface area contributed by atoms with Crippen LogP contribution in [0.15, 0.2) is 30.3 Å². The Balaban J connectivity index is 3.07. The quantitative estimate of drug-likeness (QED) is 0.816. The van der Waals surface area contributed by atoms with Crippen molar-refractivity contribution in [3.8, 4) is 0 Å². The number of hydrogen-bond donors (Lipinski definition) is 2. The number of carbonyl (C=O) groups is 1. The molecule has 0 saturated carbocycles. The highest BCUT2D eigenvalue weighted by molar-refractivity contribution is 5.81. The van der Waals surface area contributed by atoms with Gasteiger partial charge in [-0.1, -0.05) is 37.3 Å². The lowest BCUT2D eigenvalue weighted by atomic mass is 9.73. The summed E-state index contributed by atoms with van der Waals surface area (Å²) >= 11 is 0. The molecule has 100 valence electrons. The van der Waals surface area contributed by atoms with Crippen LogP contribution in [-0.4, -0.2) is 21.8 Å². The zero-order chi connectivity index (χ0) is 13.8. The number of carboxylic acids is 1. The second kappa shape index (κ2) is 5.53. The van der Waals surface area contributed by atoms with Crippen molar-refractivity contribution >= 4 is 5.97 Å². The van der Waals surface area contributed by atoms with E-state index in [1.54, 1.807) is 13.8 Å². The molecule has 0 radical (unpaired) electrons. The predicted octanol–water partition coefficient (Wildman–Crippen LogP) is 2.97. The Morgan fingerprint density at radius 1 is 1.17 bits per heavy atom. The molecule has 3 heteroatoms. The van der Waals surface area contributed by atoms with E-state index in [1.165, 1.54) is 0 Å². The van der Waals surface area contributed by atoms with E-state index in [2.05, 4.69) is 0 Å². The largest absolute Gasteiger partial charge is 0.481 e. The summed E-state index contributed by atoms with van der Waals surface area (Å²) in [6, 6.07) is 9.28. The smallest absolute Gasteiger partial charge is 0.314 e. The molecule has 0 spiro atoms. The number of aliphatic hydroxyl groups is 1. The van der Waals surface area contributed by atoms with Gasteiger partial charge in [-0.25, -0.2) is 0 Å². The average molecular weight is 250 g/mol. The molecule has 0 saturated heterocycles. The third-order valence-electron chi connectivity index (χ3n) is 3.50. The van der Waals surface area contributed by atoms with Crippen molar-refractivity contribution in [1.82, 2.24) is 0 Å². The molecule has 0 bridgehead atoms. The van der Waals surface area contributed by atoms with E-state index < -0.39 is 17.0 Å². The summed E-state index contributed by atoms with van der Waals surface area (Å²) in [6.07, 6.45) is 1.41. The fourth-order valence-electron chi connectivity index (χ4n) is 2.18. The third kappa shape index (κ3) is 3.33. The van der Waals surface area contributed by atoms with Crippen LogP contribution in [0.3, 0.4) is 0 Å². The highest BCUT2D eigenvalue weighted by Crippen LogP contribution is 2.35. The molecule has 1 atom stereocenters. The maximum absolute atomic E-state index is 11.7. The second-order valence-corrected chi connectivity index (χ2v) is 5.42. The molecule has 1 rings (SSSR count). The Bertz CT molecular complexity index is 392. The minimum atomic E-state index is -0.902. The Labute approximate surface area is 108 Å². The van der Waals surface area contributed by atoms with Gasteiger partial charge in [0.15, 0.2) is 0 Å². The van der Waals surface area contributed by atoms with Gasteiger partial charge in [-0.2, -0.15) is 0 Å². The monoisotopic (exact) mass is 250 g/mol. The molecule has 0 aliphatic carbocycles. The van der Waals surface area contributed by atoms with Crippen molar-refractivity contribution in [3.05, 3.63) is 35.9 Å². The van der Waals surface area contributed by atoms with Gasteiger partial charge in [0.2, 0.25) is 0 Å². The van der Waals surface area contributed by atoms with E-state index in [0.29, 0.717) is 19.3 Å². The van der Waals surface area contributed by atoms with Gasteiger partial charge >= 0.3 is 5.97 Å². The molecular weight excluding hydrogens is 228 g/mol. The number of aliphatic carboxylic acids is 1. The first-order chi connectivity index (χ1) is 8.32. The topological polar surface area (TPSA) is 57.5 Å². The average Bonchev–Trinajstić information content (AvgIpc) is 2.30. The summed E-state index contributed by atoms with van der Waals surface area (Å²) in [5.74, 6) is -0.819. The highest BCUT2D eigenvalue weighted by atomic mass is 16.4. The van der Waals surface area contributed by atoms with Gasteiger partial charge in [0.25, 0.3) is 0 Å². The third-order valence-corrected chi connectivity index (χ3v) is 3.50. The molecule has 0 aliphatic heterocycles. The molecule has 18 heavy (non-hydrogen) atoms. The minimum absolute atomic E-state index is 0.437. The fraction of sp³-hybridized carbons (Fsp3) is 0.533. The van der Waals surface area contributed by atoms with Crippen LogP contribution in [0, 0.1) is 0 Å². The van der Waals surface area contributed by atoms with Gasteiger partial charge in [0.1, 0.15) is 0 Å². The Hall–Kier alpha value is -1.35. The molecule has 0 fully saturated rings. The molecule has 1 aromatic carbocycles. The molecule has 3 nitrogen and oxygen atoms in total. The summed E-state index contributed by atoms with van der Waals surface area (Å²) in [5, 5.41) is 19.4. The summed E-state index contributed by atoms with van der Waals surface area (Å²) in [6.45, 7) is 5.30. The van der Waals surface area contributed by atoms with E-state index in [0.717, 1.165) is 5.56 Å². The summed E-state index contributed by atoms with van der Waals surface area (Å²) in [4.78, 5) is 11.7. The van der Waals surface area contributed by atoms with Crippen LogP contribution in [0.1, 0.15) is 45.6 Å². The van der Waals surface area contributed by atoms with Crippen LogP contribution in [-0.2, 0) is 10.2 Å². The summed E-state index contributed by atoms with van der Waals surface area (Å²) in [7, 11) is 0. The van der Waals surface area contributed by atoms with E-state index in [-0.39, 0.29) is 0 Å². The maximum Gasteiger partial charge on any atom is 0.314 e. The predicted molar refractivity (Wildman–Crippen MR) is 71.6 cm³/mol. The second-order valence-electron chi connectivity index (χ2n) is 5.42. The van der Waals surface area contributed by atoms with Crippen molar-refractivity contribution in [2.75, 3.05) is 0 Å². The van der Waals surface area contributed by atoms with Gasteiger partial charge < -0.3 is 10.2 Å². The summed E-state index contributed by atoms with van der Waals surface area (Å²) < 4.78 is 0. The van der Waals surface area contributed by atoms with E-state index in [1.807, 2.05) is 37.3 Å². The van der Waals surface area contributed by atoms with Gasteiger partial charge in [-0.3, -0.25) is 4.79 Å². The van der Waals surface area contributed by atoms with E-state index in [4.69, 9.17) is 0 Å². The molecule has 0 amide bonds. The van der Waals surface area contributed by atoms with Crippen molar-refractivity contribution < 1.29 is 15.0 Å². The lowest BCUT2D eigenvalue weighted by Gasteiger charge is -2.31. The van der Waals surface area contributed by atoms with Crippen LogP contribution in [0.5, 0.6) is 0 Å². The van der Waals surface area contributed by atoms with Crippen LogP contribution in [0.25, 0.3) is 0 Å². The highest BCUT2D eigenvalue weighted by Gasteiger charge is 2.39. The first kappa shape index (κ1) is 14.7. The fourth-order valence-corrected chi connectivity index (χ4v) is 2.18. The first-order valence-electron chi connectivity index (χ1n) is 6.33. The number of benzene rings is 1. The van der Waals surface area contributed by atoms with Crippen LogP contribution in [0.2, 0.25) is 0 Å². The van der Waals surface area contributed by atoms with E-state index >= 15 is 0 Å². The van der Waals surface area contributed by atoms with Crippen LogP contribution >= 0.6 is 0 Å². The van der Waals surface area contributed by atoms with Crippen molar-refractivity contribution in [1.29, 1.82) is 0 Å². The van der Waals surface area contributed by atoms with E-state index in [9.17, 15) is 15.0 Å². The van der Waals surface area contributed by atoms with Gasteiger partial charge in [0, 0.05) is 0 Å². The van der Waals surface area contributed by atoms with Gasteiger partial charge in [0.05, 0.1) is 11.0 Å².